The fourth-order valence-electron chi connectivity index (χ4n) is 0.868. The van der Waals surface area contributed by atoms with Gasteiger partial charge in [0, 0.05) is 7.05 Å². The van der Waals surface area contributed by atoms with Gasteiger partial charge in [-0.25, -0.2) is 4.79 Å². The van der Waals surface area contributed by atoms with Crippen molar-refractivity contribution in [1.29, 1.82) is 0 Å². The average Bonchev–Trinajstić information content (AvgIpc) is 2.28. The molecule has 0 fully saturated rings. The minimum atomic E-state index is -0.315. The number of thiocarbonyl (C=S) groups is 1. The Labute approximate surface area is 70.1 Å². The Morgan fingerprint density at radius 2 is 2.45 bits per heavy atom. The van der Waals surface area contributed by atoms with E-state index in [1.54, 1.807) is 7.05 Å². The Hall–Kier alpha value is -0.970. The Bertz CT molecular complexity index is 236. The summed E-state index contributed by atoms with van der Waals surface area (Å²) in [4.78, 5) is 14.9. The first-order valence-electron chi connectivity index (χ1n) is 3.26. The molecule has 0 spiro atoms. The molecule has 1 heterocycles. The van der Waals surface area contributed by atoms with Crippen LogP contribution in [-0.4, -0.2) is 29.8 Å². The number of rotatable bonds is 1. The van der Waals surface area contributed by atoms with Crippen LogP contribution in [0.1, 0.15) is 6.92 Å². The number of nitrogens with one attached hydrogen (secondary N) is 2. The van der Waals surface area contributed by atoms with E-state index in [2.05, 4.69) is 15.6 Å². The summed E-state index contributed by atoms with van der Waals surface area (Å²) in [5.74, 6) is 0. The Morgan fingerprint density at radius 1 is 1.82 bits per heavy atom. The molecule has 1 atom stereocenters. The van der Waals surface area contributed by atoms with E-state index in [4.69, 9.17) is 12.2 Å². The molecule has 0 aromatic carbocycles. The van der Waals surface area contributed by atoms with Crippen LogP contribution in [-0.2, 0) is 0 Å². The highest BCUT2D eigenvalue weighted by molar-refractivity contribution is 7.82. The van der Waals surface area contributed by atoms with Gasteiger partial charge >= 0.3 is 6.03 Å². The highest BCUT2D eigenvalue weighted by Crippen LogP contribution is 1.99. The van der Waals surface area contributed by atoms with Crippen molar-refractivity contribution in [2.45, 2.75) is 13.0 Å². The maximum absolute atomic E-state index is 10.7. The summed E-state index contributed by atoms with van der Waals surface area (Å²) < 4.78 is 0. The molecule has 0 bridgehead atoms. The fraction of sp³-hybridized carbons (Fsp3) is 0.500. The van der Waals surface area contributed by atoms with Crippen molar-refractivity contribution in [3.05, 3.63) is 0 Å². The van der Waals surface area contributed by atoms with Crippen LogP contribution >= 0.6 is 12.2 Å². The summed E-state index contributed by atoms with van der Waals surface area (Å²) in [6.45, 7) is 1.84. The molecule has 11 heavy (non-hydrogen) atoms. The van der Waals surface area contributed by atoms with Crippen molar-refractivity contribution in [2.24, 2.45) is 4.99 Å². The monoisotopic (exact) mass is 171 g/mol. The molecule has 5 heteroatoms. The van der Waals surface area contributed by atoms with E-state index >= 15 is 0 Å². The van der Waals surface area contributed by atoms with Gasteiger partial charge in [-0.2, -0.15) is 4.99 Å². The van der Waals surface area contributed by atoms with Crippen molar-refractivity contribution in [3.63, 3.8) is 0 Å². The number of urea groups is 1. The van der Waals surface area contributed by atoms with E-state index < -0.39 is 0 Å². The third-order valence-electron chi connectivity index (χ3n) is 1.43. The third kappa shape index (κ3) is 1.54. The van der Waals surface area contributed by atoms with Crippen LogP contribution in [0, 0.1) is 0 Å². The van der Waals surface area contributed by atoms with Gasteiger partial charge in [0.15, 0.2) is 0 Å². The first kappa shape index (κ1) is 8.13. The predicted octanol–water partition coefficient (Wildman–Crippen LogP) is 0.0859. The molecule has 1 aliphatic rings. The van der Waals surface area contributed by atoms with Gasteiger partial charge < -0.3 is 10.6 Å². The molecule has 2 amide bonds. The SMILES string of the molecule is CNC(=S)C1=NC(=O)NC1C. The van der Waals surface area contributed by atoms with Crippen molar-refractivity contribution in [2.75, 3.05) is 7.05 Å². The molecule has 1 rings (SSSR count). The number of carbonyl (C=O) groups excluding carboxylic acids is 1. The number of nitrogens with zero attached hydrogens (tertiary/aromatic N) is 1. The predicted molar refractivity (Wildman–Crippen MR) is 47.1 cm³/mol. The van der Waals surface area contributed by atoms with Gasteiger partial charge in [0.1, 0.15) is 10.7 Å². The number of carbonyl (C=O) groups is 1. The molecule has 2 N–H and O–H groups in total. The number of hydrogen-bond donors (Lipinski definition) is 2. The summed E-state index contributed by atoms with van der Waals surface area (Å²) in [6, 6.07) is -0.382. The van der Waals surface area contributed by atoms with Crippen molar-refractivity contribution in [3.8, 4) is 0 Å². The first-order valence-corrected chi connectivity index (χ1v) is 3.67. The van der Waals surface area contributed by atoms with E-state index in [1.807, 2.05) is 6.92 Å². The van der Waals surface area contributed by atoms with Crippen LogP contribution in [0.4, 0.5) is 4.79 Å². The molecule has 0 aliphatic carbocycles. The lowest BCUT2D eigenvalue weighted by molar-refractivity contribution is 0.250. The lowest BCUT2D eigenvalue weighted by Gasteiger charge is -2.06. The van der Waals surface area contributed by atoms with E-state index in [0.717, 1.165) is 0 Å². The van der Waals surface area contributed by atoms with Gasteiger partial charge in [-0.15, -0.1) is 0 Å². The lowest BCUT2D eigenvalue weighted by Crippen LogP contribution is -2.36. The molecule has 0 aromatic rings. The molecule has 0 radical (unpaired) electrons. The second kappa shape index (κ2) is 2.96. The molecule has 0 saturated carbocycles. The molecule has 1 aliphatic heterocycles. The van der Waals surface area contributed by atoms with Crippen molar-refractivity contribution < 1.29 is 4.79 Å². The van der Waals surface area contributed by atoms with E-state index in [0.29, 0.717) is 10.7 Å². The summed E-state index contributed by atoms with van der Waals surface area (Å²) in [5, 5.41) is 5.38. The maximum Gasteiger partial charge on any atom is 0.341 e. The van der Waals surface area contributed by atoms with Gasteiger partial charge in [-0.1, -0.05) is 12.2 Å². The van der Waals surface area contributed by atoms with Crippen LogP contribution in [0.2, 0.25) is 0 Å². The minimum absolute atomic E-state index is 0.0672. The molecule has 60 valence electrons. The van der Waals surface area contributed by atoms with Gasteiger partial charge in [0.25, 0.3) is 0 Å². The van der Waals surface area contributed by atoms with E-state index in [9.17, 15) is 4.79 Å². The smallest absolute Gasteiger partial charge is 0.341 e. The molecular weight excluding hydrogens is 162 g/mol. The topological polar surface area (TPSA) is 53.5 Å². The number of amides is 2. The highest BCUT2D eigenvalue weighted by Gasteiger charge is 2.23. The second-order valence-electron chi connectivity index (χ2n) is 2.25. The largest absolute Gasteiger partial charge is 0.378 e. The maximum atomic E-state index is 10.7. The average molecular weight is 171 g/mol. The second-order valence-corrected chi connectivity index (χ2v) is 2.66. The van der Waals surface area contributed by atoms with E-state index in [-0.39, 0.29) is 12.1 Å². The molecule has 1 unspecified atom stereocenters. The van der Waals surface area contributed by atoms with Gasteiger partial charge in [0.2, 0.25) is 0 Å². The van der Waals surface area contributed by atoms with Crippen molar-refractivity contribution in [1.82, 2.24) is 10.6 Å². The molecular formula is C6H9N3OS. The minimum Gasteiger partial charge on any atom is -0.378 e. The molecule has 0 aromatic heterocycles. The highest BCUT2D eigenvalue weighted by atomic mass is 32.1. The standard InChI is InChI=1S/C6H9N3OS/c1-3-4(5(11)7-2)9-6(10)8-3/h3H,1-2H3,(H,7,11)(H,8,10). The summed E-state index contributed by atoms with van der Waals surface area (Å²) in [6.07, 6.45) is 0. The zero-order valence-corrected chi connectivity index (χ0v) is 7.16. The molecule has 0 saturated heterocycles. The fourth-order valence-corrected chi connectivity index (χ4v) is 1.09. The zero-order chi connectivity index (χ0) is 8.43. The Morgan fingerprint density at radius 3 is 2.82 bits per heavy atom. The van der Waals surface area contributed by atoms with Crippen LogP contribution in [0.5, 0.6) is 0 Å². The van der Waals surface area contributed by atoms with Crippen molar-refractivity contribution >= 4 is 28.9 Å². The summed E-state index contributed by atoms with van der Waals surface area (Å²) >= 11 is 4.91. The van der Waals surface area contributed by atoms with Gasteiger partial charge in [-0.3, -0.25) is 0 Å². The lowest BCUT2D eigenvalue weighted by atomic mass is 10.2. The quantitative estimate of drug-likeness (QED) is 0.550. The zero-order valence-electron chi connectivity index (χ0n) is 6.34. The van der Waals surface area contributed by atoms with Crippen LogP contribution in [0.25, 0.3) is 0 Å². The third-order valence-corrected chi connectivity index (χ3v) is 1.85. The normalized spacial score (nSPS) is 22.5. The number of aliphatic imine (C=N–C) groups is 1. The first-order chi connectivity index (χ1) is 5.15. The van der Waals surface area contributed by atoms with Crippen LogP contribution in [0.15, 0.2) is 4.99 Å². The summed E-state index contributed by atoms with van der Waals surface area (Å²) in [7, 11) is 1.71. The van der Waals surface area contributed by atoms with E-state index in [1.165, 1.54) is 0 Å². The Balaban J connectivity index is 2.79. The molecule has 4 nitrogen and oxygen atoms in total. The van der Waals surface area contributed by atoms with Crippen LogP contribution < -0.4 is 10.6 Å². The van der Waals surface area contributed by atoms with Crippen LogP contribution in [0.3, 0.4) is 0 Å². The Kier molecular flexibility index (Phi) is 2.19. The van der Waals surface area contributed by atoms with Gasteiger partial charge in [0.05, 0.1) is 6.04 Å². The summed E-state index contributed by atoms with van der Waals surface area (Å²) in [5.41, 5.74) is 0.618. The van der Waals surface area contributed by atoms with Gasteiger partial charge in [-0.05, 0) is 6.92 Å². The number of hydrogen-bond acceptors (Lipinski definition) is 2.